The van der Waals surface area contributed by atoms with Crippen molar-refractivity contribution in [3.05, 3.63) is 59.9 Å². The molecule has 3 rings (SSSR count). The minimum Gasteiger partial charge on any atom is -0.352 e. The smallest absolute Gasteiger partial charge is 0.312 e. The van der Waals surface area contributed by atoms with E-state index < -0.39 is 12.1 Å². The normalized spacial score (nSPS) is 18.2. The van der Waals surface area contributed by atoms with Gasteiger partial charge in [0.2, 0.25) is 0 Å². The molecular weight excluding hydrogens is 292 g/mol. The number of aromatic nitrogens is 1. The highest BCUT2D eigenvalue weighted by molar-refractivity contribution is 6.02. The van der Waals surface area contributed by atoms with Crippen LogP contribution in [0.5, 0.6) is 0 Å². The van der Waals surface area contributed by atoms with E-state index in [9.17, 15) is 9.59 Å². The molecular formula is C17H18N4O2. The van der Waals surface area contributed by atoms with E-state index in [2.05, 4.69) is 10.3 Å². The number of amides is 3. The number of urea groups is 1. The zero-order valence-corrected chi connectivity index (χ0v) is 12.8. The maximum atomic E-state index is 12.9. The molecule has 0 aliphatic carbocycles. The first kappa shape index (κ1) is 15.0. The van der Waals surface area contributed by atoms with Crippen LogP contribution in [-0.2, 0) is 11.2 Å². The molecule has 0 spiro atoms. The standard InChI is InChI=1S/C17H18N4O2/c1-11(12-5-3-2-4-6-12)21-15-10-19-8-7-13(15)9-14(16(21)22)20-17(18)23/h2-8,10-11,14H,9H2,1H3,(H3,18,20,23)/t11-,14+/m0/s1. The molecule has 1 aliphatic rings. The second-order valence-corrected chi connectivity index (χ2v) is 5.56. The van der Waals surface area contributed by atoms with E-state index in [1.165, 1.54) is 0 Å². The van der Waals surface area contributed by atoms with Crippen molar-refractivity contribution in [3.8, 4) is 0 Å². The fourth-order valence-corrected chi connectivity index (χ4v) is 2.96. The summed E-state index contributed by atoms with van der Waals surface area (Å²) < 4.78 is 0. The minimum absolute atomic E-state index is 0.177. The number of pyridine rings is 1. The lowest BCUT2D eigenvalue weighted by atomic mass is 9.95. The summed E-state index contributed by atoms with van der Waals surface area (Å²) in [5.74, 6) is -0.180. The predicted octanol–water partition coefficient (Wildman–Crippen LogP) is 1.77. The van der Waals surface area contributed by atoms with E-state index in [0.29, 0.717) is 6.42 Å². The summed E-state index contributed by atoms with van der Waals surface area (Å²) in [4.78, 5) is 29.9. The summed E-state index contributed by atoms with van der Waals surface area (Å²) in [7, 11) is 0. The fourth-order valence-electron chi connectivity index (χ4n) is 2.96. The molecule has 6 heteroatoms. The fraction of sp³-hybridized carbons (Fsp3) is 0.235. The number of rotatable bonds is 3. The summed E-state index contributed by atoms with van der Waals surface area (Å²) in [5.41, 5.74) is 7.95. The summed E-state index contributed by atoms with van der Waals surface area (Å²) >= 11 is 0. The van der Waals surface area contributed by atoms with Crippen molar-refractivity contribution >= 4 is 17.6 Å². The van der Waals surface area contributed by atoms with Gasteiger partial charge in [0.15, 0.2) is 0 Å². The predicted molar refractivity (Wildman–Crippen MR) is 86.8 cm³/mol. The van der Waals surface area contributed by atoms with Crippen molar-refractivity contribution in [1.29, 1.82) is 0 Å². The van der Waals surface area contributed by atoms with Crippen molar-refractivity contribution in [1.82, 2.24) is 10.3 Å². The van der Waals surface area contributed by atoms with Crippen molar-refractivity contribution in [3.63, 3.8) is 0 Å². The number of hydrogen-bond acceptors (Lipinski definition) is 3. The Labute approximate surface area is 134 Å². The van der Waals surface area contributed by atoms with Crippen LogP contribution in [0.4, 0.5) is 10.5 Å². The van der Waals surface area contributed by atoms with Crippen molar-refractivity contribution in [2.24, 2.45) is 5.73 Å². The molecule has 2 atom stereocenters. The van der Waals surface area contributed by atoms with Crippen LogP contribution < -0.4 is 16.0 Å². The van der Waals surface area contributed by atoms with Crippen molar-refractivity contribution in [2.75, 3.05) is 4.90 Å². The summed E-state index contributed by atoms with van der Waals surface area (Å²) in [6.07, 6.45) is 3.78. The van der Waals surface area contributed by atoms with Gasteiger partial charge in [-0.1, -0.05) is 30.3 Å². The lowest BCUT2D eigenvalue weighted by molar-refractivity contribution is -0.121. The van der Waals surface area contributed by atoms with E-state index in [1.54, 1.807) is 17.3 Å². The van der Waals surface area contributed by atoms with E-state index in [0.717, 1.165) is 16.8 Å². The van der Waals surface area contributed by atoms with Crippen LogP contribution in [0.15, 0.2) is 48.8 Å². The molecule has 0 unspecified atom stereocenters. The average Bonchev–Trinajstić information content (AvgIpc) is 2.55. The Morgan fingerprint density at radius 2 is 2.09 bits per heavy atom. The molecule has 6 nitrogen and oxygen atoms in total. The maximum absolute atomic E-state index is 12.9. The molecule has 0 saturated carbocycles. The average molecular weight is 310 g/mol. The Hall–Kier alpha value is -2.89. The SMILES string of the molecule is C[C@@H](c1ccccc1)N1C(=O)[C@H](NC(N)=O)Cc2ccncc21. The lowest BCUT2D eigenvalue weighted by Crippen LogP contribution is -2.54. The summed E-state index contributed by atoms with van der Waals surface area (Å²) in [6, 6.07) is 10.1. The second-order valence-electron chi connectivity index (χ2n) is 5.56. The number of primary amides is 1. The third kappa shape index (κ3) is 2.88. The number of anilines is 1. The highest BCUT2D eigenvalue weighted by Crippen LogP contribution is 2.34. The zero-order valence-electron chi connectivity index (χ0n) is 12.8. The number of fused-ring (bicyclic) bond motifs is 1. The highest BCUT2D eigenvalue weighted by atomic mass is 16.2. The second kappa shape index (κ2) is 6.08. The number of carbonyl (C=O) groups excluding carboxylic acids is 2. The number of nitrogens with two attached hydrogens (primary N) is 1. The largest absolute Gasteiger partial charge is 0.352 e. The van der Waals surface area contributed by atoms with Crippen LogP contribution in [0, 0.1) is 0 Å². The first-order valence-corrected chi connectivity index (χ1v) is 7.45. The first-order chi connectivity index (χ1) is 11.1. The van der Waals surface area contributed by atoms with Gasteiger partial charge < -0.3 is 16.0 Å². The molecule has 118 valence electrons. The molecule has 1 aliphatic heterocycles. The number of hydrogen-bond donors (Lipinski definition) is 2. The van der Waals surface area contributed by atoms with Crippen molar-refractivity contribution < 1.29 is 9.59 Å². The summed E-state index contributed by atoms with van der Waals surface area (Å²) in [5, 5.41) is 2.54. The maximum Gasteiger partial charge on any atom is 0.312 e. The van der Waals surface area contributed by atoms with E-state index >= 15 is 0 Å². The number of carbonyl (C=O) groups is 2. The minimum atomic E-state index is -0.701. The molecule has 3 amide bonds. The Balaban J connectivity index is 2.02. The molecule has 23 heavy (non-hydrogen) atoms. The van der Waals surface area contributed by atoms with Gasteiger partial charge in [0.25, 0.3) is 5.91 Å². The Bertz CT molecular complexity index is 732. The molecule has 0 bridgehead atoms. The van der Waals surface area contributed by atoms with Gasteiger partial charge in [0.1, 0.15) is 6.04 Å². The summed E-state index contributed by atoms with van der Waals surface area (Å²) in [6.45, 7) is 1.96. The number of nitrogens with one attached hydrogen (secondary N) is 1. The Morgan fingerprint density at radius 3 is 2.78 bits per heavy atom. The lowest BCUT2D eigenvalue weighted by Gasteiger charge is -2.37. The molecule has 0 saturated heterocycles. The van der Waals surface area contributed by atoms with Crippen LogP contribution >= 0.6 is 0 Å². The number of benzene rings is 1. The Morgan fingerprint density at radius 1 is 1.35 bits per heavy atom. The van der Waals surface area contributed by atoms with E-state index in [-0.39, 0.29) is 11.9 Å². The quantitative estimate of drug-likeness (QED) is 0.905. The van der Waals surface area contributed by atoms with Gasteiger partial charge in [-0.2, -0.15) is 0 Å². The topological polar surface area (TPSA) is 88.3 Å². The number of nitrogens with zero attached hydrogens (tertiary/aromatic N) is 2. The van der Waals surface area contributed by atoms with E-state index in [1.807, 2.05) is 43.3 Å². The van der Waals surface area contributed by atoms with Gasteiger partial charge >= 0.3 is 6.03 Å². The van der Waals surface area contributed by atoms with Gasteiger partial charge in [-0.25, -0.2) is 4.79 Å². The van der Waals surface area contributed by atoms with Crippen LogP contribution in [0.2, 0.25) is 0 Å². The van der Waals surface area contributed by atoms with Gasteiger partial charge in [-0.3, -0.25) is 9.78 Å². The van der Waals surface area contributed by atoms with Gasteiger partial charge in [0, 0.05) is 12.6 Å². The monoisotopic (exact) mass is 310 g/mol. The van der Waals surface area contributed by atoms with Gasteiger partial charge in [-0.05, 0) is 24.1 Å². The first-order valence-electron chi connectivity index (χ1n) is 7.45. The Kier molecular flexibility index (Phi) is 3.97. The molecule has 3 N–H and O–H groups in total. The van der Waals surface area contributed by atoms with Crippen molar-refractivity contribution in [2.45, 2.75) is 25.4 Å². The molecule has 1 aromatic carbocycles. The van der Waals surface area contributed by atoms with Gasteiger partial charge in [0.05, 0.1) is 17.9 Å². The van der Waals surface area contributed by atoms with E-state index in [4.69, 9.17) is 5.73 Å². The highest BCUT2D eigenvalue weighted by Gasteiger charge is 2.36. The van der Waals surface area contributed by atoms with Gasteiger partial charge in [-0.15, -0.1) is 0 Å². The zero-order chi connectivity index (χ0) is 16.4. The molecule has 2 aromatic rings. The third-order valence-corrected chi connectivity index (χ3v) is 4.09. The van der Waals surface area contributed by atoms with Crippen LogP contribution in [-0.4, -0.2) is 23.0 Å². The molecule has 1 aromatic heterocycles. The third-order valence-electron chi connectivity index (χ3n) is 4.09. The molecule has 2 heterocycles. The molecule has 0 radical (unpaired) electrons. The van der Waals surface area contributed by atoms with Crippen LogP contribution in [0.3, 0.4) is 0 Å². The van der Waals surface area contributed by atoms with Crippen LogP contribution in [0.1, 0.15) is 24.1 Å². The van der Waals surface area contributed by atoms with Crippen LogP contribution in [0.25, 0.3) is 0 Å². The molecule has 0 fully saturated rings.